The Labute approximate surface area is 166 Å². The highest BCUT2D eigenvalue weighted by Crippen LogP contribution is 2.30. The van der Waals surface area contributed by atoms with Gasteiger partial charge in [0.2, 0.25) is 11.8 Å². The van der Waals surface area contributed by atoms with E-state index in [4.69, 9.17) is 9.47 Å². The van der Waals surface area contributed by atoms with E-state index in [2.05, 4.69) is 19.2 Å². The van der Waals surface area contributed by atoms with Gasteiger partial charge in [-0.15, -0.1) is 0 Å². The first kappa shape index (κ1) is 21.3. The topological polar surface area (TPSA) is 67.9 Å². The Hall–Kier alpha value is -3.02. The third-order valence-electron chi connectivity index (χ3n) is 4.47. The smallest absolute Gasteiger partial charge is 0.226 e. The molecule has 2 aromatic carbocycles. The summed E-state index contributed by atoms with van der Waals surface area (Å²) in [5, 5.41) is 2.84. The molecule has 0 aromatic heterocycles. The van der Waals surface area contributed by atoms with Gasteiger partial charge in [0.25, 0.3) is 0 Å². The molecule has 0 radical (unpaired) electrons. The summed E-state index contributed by atoms with van der Waals surface area (Å²) in [5.74, 6) is 1.14. The second kappa shape index (κ2) is 9.78. The van der Waals surface area contributed by atoms with E-state index in [-0.39, 0.29) is 24.2 Å². The first-order valence-corrected chi connectivity index (χ1v) is 9.26. The minimum absolute atomic E-state index is 0.0945. The molecule has 2 amide bonds. The van der Waals surface area contributed by atoms with E-state index in [0.717, 1.165) is 11.3 Å². The lowest BCUT2D eigenvalue weighted by molar-refractivity contribution is -0.117. The molecule has 0 atom stereocenters. The Morgan fingerprint density at radius 2 is 1.79 bits per heavy atom. The van der Waals surface area contributed by atoms with Crippen molar-refractivity contribution in [2.24, 2.45) is 0 Å². The number of carbonyl (C=O) groups excluding carboxylic acids is 2. The Morgan fingerprint density at radius 3 is 2.39 bits per heavy atom. The molecular weight excluding hydrogens is 356 g/mol. The number of benzene rings is 2. The summed E-state index contributed by atoms with van der Waals surface area (Å²) >= 11 is 0. The van der Waals surface area contributed by atoms with Gasteiger partial charge in [-0.1, -0.05) is 32.0 Å². The number of methoxy groups -OCH3 is 2. The number of carbonyl (C=O) groups is 2. The monoisotopic (exact) mass is 384 g/mol. The van der Waals surface area contributed by atoms with Crippen molar-refractivity contribution in [3.8, 4) is 11.5 Å². The average molecular weight is 384 g/mol. The van der Waals surface area contributed by atoms with Crippen molar-refractivity contribution in [3.05, 3.63) is 48.0 Å². The molecular formula is C22H28N2O4. The zero-order valence-electron chi connectivity index (χ0n) is 17.1. The van der Waals surface area contributed by atoms with Crippen LogP contribution >= 0.6 is 0 Å². The molecule has 0 saturated heterocycles. The third-order valence-corrected chi connectivity index (χ3v) is 4.47. The van der Waals surface area contributed by atoms with Crippen molar-refractivity contribution < 1.29 is 19.1 Å². The van der Waals surface area contributed by atoms with E-state index in [1.165, 1.54) is 14.0 Å². The fourth-order valence-electron chi connectivity index (χ4n) is 3.00. The van der Waals surface area contributed by atoms with Crippen LogP contribution in [-0.4, -0.2) is 32.6 Å². The van der Waals surface area contributed by atoms with Crippen LogP contribution in [0.5, 0.6) is 11.5 Å². The number of nitrogens with one attached hydrogen (secondary N) is 1. The van der Waals surface area contributed by atoms with Gasteiger partial charge in [-0.25, -0.2) is 0 Å². The maximum absolute atomic E-state index is 12.5. The number of para-hydroxylation sites is 1. The van der Waals surface area contributed by atoms with Crippen molar-refractivity contribution in [1.82, 2.24) is 0 Å². The van der Waals surface area contributed by atoms with Crippen LogP contribution in [0.1, 0.15) is 38.7 Å². The molecule has 6 heteroatoms. The summed E-state index contributed by atoms with van der Waals surface area (Å²) in [4.78, 5) is 26.4. The number of rotatable bonds is 8. The van der Waals surface area contributed by atoms with Crippen LogP contribution in [0, 0.1) is 0 Å². The van der Waals surface area contributed by atoms with Gasteiger partial charge in [-0.2, -0.15) is 0 Å². The van der Waals surface area contributed by atoms with Crippen LogP contribution in [0.25, 0.3) is 0 Å². The maximum Gasteiger partial charge on any atom is 0.226 e. The van der Waals surface area contributed by atoms with Crippen molar-refractivity contribution >= 4 is 23.2 Å². The van der Waals surface area contributed by atoms with E-state index in [1.54, 1.807) is 30.2 Å². The van der Waals surface area contributed by atoms with Gasteiger partial charge in [0.15, 0.2) is 0 Å². The molecule has 0 unspecified atom stereocenters. The van der Waals surface area contributed by atoms with Gasteiger partial charge >= 0.3 is 0 Å². The van der Waals surface area contributed by atoms with E-state index >= 15 is 0 Å². The largest absolute Gasteiger partial charge is 0.497 e. The molecule has 2 rings (SSSR count). The standard InChI is InChI=1S/C22H28N2O4/c1-15(2)18-8-6-7-9-20(18)24(16(3)25)13-12-22(26)23-19-11-10-17(27-4)14-21(19)28-5/h6-11,14-15H,12-13H2,1-5H3,(H,23,26). The van der Waals surface area contributed by atoms with Crippen molar-refractivity contribution in [1.29, 1.82) is 0 Å². The molecule has 0 aliphatic rings. The van der Waals surface area contributed by atoms with Crippen LogP contribution < -0.4 is 19.7 Å². The molecule has 1 N–H and O–H groups in total. The first-order valence-electron chi connectivity index (χ1n) is 9.26. The SMILES string of the molecule is COc1ccc(NC(=O)CCN(C(C)=O)c2ccccc2C(C)C)c(OC)c1. The molecule has 0 heterocycles. The summed E-state index contributed by atoms with van der Waals surface area (Å²) < 4.78 is 10.5. The molecule has 0 aliphatic heterocycles. The molecule has 0 saturated carbocycles. The molecule has 28 heavy (non-hydrogen) atoms. The molecule has 0 spiro atoms. The third kappa shape index (κ3) is 5.25. The quantitative estimate of drug-likeness (QED) is 0.740. The van der Waals surface area contributed by atoms with Crippen molar-refractivity contribution in [2.75, 3.05) is 31.0 Å². The lowest BCUT2D eigenvalue weighted by atomic mass is 10.0. The fraction of sp³-hybridized carbons (Fsp3) is 0.364. The molecule has 0 bridgehead atoms. The second-order valence-electron chi connectivity index (χ2n) is 6.75. The van der Waals surface area contributed by atoms with E-state index in [9.17, 15) is 9.59 Å². The number of ether oxygens (including phenoxy) is 2. The zero-order chi connectivity index (χ0) is 20.7. The van der Waals surface area contributed by atoms with Gasteiger partial charge in [0.05, 0.1) is 19.9 Å². The second-order valence-corrected chi connectivity index (χ2v) is 6.75. The van der Waals surface area contributed by atoms with Gasteiger partial charge < -0.3 is 19.7 Å². The normalized spacial score (nSPS) is 10.5. The predicted octanol–water partition coefficient (Wildman–Crippen LogP) is 4.21. The van der Waals surface area contributed by atoms with E-state index < -0.39 is 0 Å². The molecule has 2 aromatic rings. The maximum atomic E-state index is 12.5. The van der Waals surface area contributed by atoms with Gasteiger partial charge in [0, 0.05) is 31.6 Å². The van der Waals surface area contributed by atoms with Crippen LogP contribution in [0.4, 0.5) is 11.4 Å². The highest BCUT2D eigenvalue weighted by Gasteiger charge is 2.18. The Morgan fingerprint density at radius 1 is 1.07 bits per heavy atom. The Bertz CT molecular complexity index is 833. The highest BCUT2D eigenvalue weighted by molar-refractivity contribution is 5.96. The molecule has 150 valence electrons. The minimum Gasteiger partial charge on any atom is -0.497 e. The summed E-state index contributed by atoms with van der Waals surface area (Å²) in [6.45, 7) is 5.98. The fourth-order valence-corrected chi connectivity index (χ4v) is 3.00. The van der Waals surface area contributed by atoms with Crippen LogP contribution in [0.15, 0.2) is 42.5 Å². The summed E-state index contributed by atoms with van der Waals surface area (Å²) in [6.07, 6.45) is 0.168. The molecule has 0 aliphatic carbocycles. The van der Waals surface area contributed by atoms with Gasteiger partial charge in [-0.05, 0) is 29.7 Å². The number of amides is 2. The number of hydrogen-bond donors (Lipinski definition) is 1. The lowest BCUT2D eigenvalue weighted by Gasteiger charge is -2.25. The van der Waals surface area contributed by atoms with E-state index in [1.807, 2.05) is 24.3 Å². The summed E-state index contributed by atoms with van der Waals surface area (Å²) in [7, 11) is 3.10. The summed E-state index contributed by atoms with van der Waals surface area (Å²) in [5.41, 5.74) is 2.49. The van der Waals surface area contributed by atoms with Gasteiger partial charge in [0.1, 0.15) is 11.5 Å². The van der Waals surface area contributed by atoms with Crippen LogP contribution in [-0.2, 0) is 9.59 Å². The Kier molecular flexibility index (Phi) is 7.44. The van der Waals surface area contributed by atoms with Crippen molar-refractivity contribution in [2.45, 2.75) is 33.1 Å². The number of hydrogen-bond acceptors (Lipinski definition) is 4. The number of anilines is 2. The summed E-state index contributed by atoms with van der Waals surface area (Å²) in [6, 6.07) is 13.0. The minimum atomic E-state index is -0.197. The van der Waals surface area contributed by atoms with E-state index in [0.29, 0.717) is 23.7 Å². The predicted molar refractivity (Wildman–Crippen MR) is 111 cm³/mol. The van der Waals surface area contributed by atoms with Crippen LogP contribution in [0.2, 0.25) is 0 Å². The number of nitrogens with zero attached hydrogens (tertiary/aromatic N) is 1. The zero-order valence-corrected chi connectivity index (χ0v) is 17.1. The Balaban J connectivity index is 2.11. The lowest BCUT2D eigenvalue weighted by Crippen LogP contribution is -2.32. The van der Waals surface area contributed by atoms with Crippen molar-refractivity contribution in [3.63, 3.8) is 0 Å². The van der Waals surface area contributed by atoms with Crippen LogP contribution in [0.3, 0.4) is 0 Å². The average Bonchev–Trinajstić information content (AvgIpc) is 2.68. The first-order chi connectivity index (χ1) is 13.4. The highest BCUT2D eigenvalue weighted by atomic mass is 16.5. The van der Waals surface area contributed by atoms with Gasteiger partial charge in [-0.3, -0.25) is 9.59 Å². The molecule has 0 fully saturated rings. The molecule has 6 nitrogen and oxygen atoms in total.